The maximum absolute atomic E-state index is 12.6. The van der Waals surface area contributed by atoms with Gasteiger partial charge in [0.25, 0.3) is 0 Å². The van der Waals surface area contributed by atoms with Gasteiger partial charge in [0.1, 0.15) is 0 Å². The van der Waals surface area contributed by atoms with Gasteiger partial charge in [-0.15, -0.1) is 5.10 Å². The summed E-state index contributed by atoms with van der Waals surface area (Å²) in [6.07, 6.45) is 3.19. The van der Waals surface area contributed by atoms with Crippen LogP contribution in [0.4, 0.5) is 0 Å². The minimum absolute atomic E-state index is 0.170. The fourth-order valence-corrected chi connectivity index (χ4v) is 4.65. The van der Waals surface area contributed by atoms with Gasteiger partial charge < -0.3 is 4.74 Å². The van der Waals surface area contributed by atoms with Crippen LogP contribution in [0.2, 0.25) is 0 Å². The number of rotatable bonds is 6. The molecule has 6 nitrogen and oxygen atoms in total. The molecule has 1 aromatic heterocycles. The Morgan fingerprint density at radius 3 is 2.52 bits per heavy atom. The minimum atomic E-state index is -3.41. The van der Waals surface area contributed by atoms with E-state index in [0.717, 1.165) is 12.1 Å². The quantitative estimate of drug-likeness (QED) is 0.792. The van der Waals surface area contributed by atoms with E-state index in [1.54, 1.807) is 24.3 Å². The molecule has 25 heavy (non-hydrogen) atoms. The molecule has 2 aliphatic rings. The Labute approximate surface area is 147 Å². The lowest BCUT2D eigenvalue weighted by Crippen LogP contribution is -2.29. The number of ether oxygens (including phenoxy) is 1. The van der Waals surface area contributed by atoms with Crippen LogP contribution in [0.3, 0.4) is 0 Å². The molecular weight excluding hydrogens is 338 g/mol. The molecule has 1 aromatic carbocycles. The number of sulfonamides is 1. The van der Waals surface area contributed by atoms with E-state index in [1.165, 1.54) is 17.1 Å². The van der Waals surface area contributed by atoms with Gasteiger partial charge in [-0.1, -0.05) is 18.2 Å². The first-order valence-corrected chi connectivity index (χ1v) is 10.1. The lowest BCUT2D eigenvalue weighted by atomic mass is 10.1. The zero-order valence-corrected chi connectivity index (χ0v) is 14.7. The smallest absolute Gasteiger partial charge is 0.243 e. The van der Waals surface area contributed by atoms with Crippen molar-refractivity contribution in [2.75, 3.05) is 19.7 Å². The molecule has 2 heterocycles. The fourth-order valence-electron chi connectivity index (χ4n) is 3.10. The molecule has 1 unspecified atom stereocenters. The van der Waals surface area contributed by atoms with Crippen molar-refractivity contribution in [3.05, 3.63) is 48.2 Å². The predicted octanol–water partition coefficient (Wildman–Crippen LogP) is 2.44. The molecule has 2 fully saturated rings. The Morgan fingerprint density at radius 2 is 1.84 bits per heavy atom. The maximum Gasteiger partial charge on any atom is 0.243 e. The van der Waals surface area contributed by atoms with Gasteiger partial charge in [0.2, 0.25) is 15.9 Å². The van der Waals surface area contributed by atoms with Gasteiger partial charge in [0.15, 0.2) is 0 Å². The van der Waals surface area contributed by atoms with Crippen LogP contribution < -0.4 is 4.74 Å². The maximum atomic E-state index is 12.6. The fraction of sp³-hybridized carbons (Fsp3) is 0.444. The summed E-state index contributed by atoms with van der Waals surface area (Å²) in [5.41, 5.74) is 1.04. The second kappa shape index (κ2) is 6.72. The van der Waals surface area contributed by atoms with Crippen molar-refractivity contribution in [1.82, 2.24) is 14.5 Å². The molecule has 1 atom stereocenters. The van der Waals surface area contributed by atoms with E-state index in [4.69, 9.17) is 4.74 Å². The van der Waals surface area contributed by atoms with Crippen molar-refractivity contribution in [1.29, 1.82) is 0 Å². The van der Waals surface area contributed by atoms with Crippen molar-refractivity contribution in [3.63, 3.8) is 0 Å². The van der Waals surface area contributed by atoms with Crippen molar-refractivity contribution in [3.8, 4) is 5.88 Å². The van der Waals surface area contributed by atoms with E-state index in [2.05, 4.69) is 10.2 Å². The van der Waals surface area contributed by atoms with Crippen LogP contribution in [-0.2, 0) is 10.0 Å². The van der Waals surface area contributed by atoms with Crippen LogP contribution in [0.5, 0.6) is 5.88 Å². The van der Waals surface area contributed by atoms with Crippen LogP contribution in [0.1, 0.15) is 30.9 Å². The Morgan fingerprint density at radius 1 is 1.04 bits per heavy atom. The summed E-state index contributed by atoms with van der Waals surface area (Å²) < 4.78 is 32.5. The van der Waals surface area contributed by atoms with Crippen LogP contribution in [-0.4, -0.2) is 42.6 Å². The molecule has 0 bridgehead atoms. The summed E-state index contributed by atoms with van der Waals surface area (Å²) >= 11 is 0. The molecule has 0 spiro atoms. The van der Waals surface area contributed by atoms with Crippen LogP contribution in [0, 0.1) is 5.92 Å². The Hall–Kier alpha value is -1.99. The average molecular weight is 359 g/mol. The number of benzene rings is 1. The summed E-state index contributed by atoms with van der Waals surface area (Å²) in [5.74, 6) is 1.25. The van der Waals surface area contributed by atoms with E-state index < -0.39 is 10.0 Å². The standard InChI is InChI=1S/C18H21N3O3S/c22-25(23,16-4-2-1-3-5-16)21-11-10-14(12-21)13-24-18-9-8-17(19-20-18)15-6-7-15/h1-5,8-9,14-15H,6-7,10-13H2. The summed E-state index contributed by atoms with van der Waals surface area (Å²) in [6.45, 7) is 1.46. The molecule has 1 saturated carbocycles. The first-order valence-electron chi connectivity index (χ1n) is 8.64. The van der Waals surface area contributed by atoms with Gasteiger partial charge >= 0.3 is 0 Å². The summed E-state index contributed by atoms with van der Waals surface area (Å²) in [7, 11) is -3.41. The molecule has 4 rings (SSSR count). The summed E-state index contributed by atoms with van der Waals surface area (Å²) in [4.78, 5) is 0.345. The highest BCUT2D eigenvalue weighted by Gasteiger charge is 2.32. The van der Waals surface area contributed by atoms with E-state index >= 15 is 0 Å². The zero-order chi connectivity index (χ0) is 17.3. The molecule has 0 N–H and O–H groups in total. The second-order valence-corrected chi connectivity index (χ2v) is 8.65. The molecule has 1 aliphatic carbocycles. The summed E-state index contributed by atoms with van der Waals surface area (Å²) in [6, 6.07) is 12.4. The van der Waals surface area contributed by atoms with Crippen LogP contribution in [0.25, 0.3) is 0 Å². The lowest BCUT2D eigenvalue weighted by Gasteiger charge is -2.16. The van der Waals surface area contributed by atoms with Crippen molar-refractivity contribution in [2.24, 2.45) is 5.92 Å². The molecule has 1 saturated heterocycles. The molecule has 2 aromatic rings. The highest BCUT2D eigenvalue weighted by atomic mass is 32.2. The number of aromatic nitrogens is 2. The van der Waals surface area contributed by atoms with Crippen molar-refractivity contribution in [2.45, 2.75) is 30.1 Å². The Kier molecular flexibility index (Phi) is 4.43. The average Bonchev–Trinajstić information content (AvgIpc) is 3.38. The highest BCUT2D eigenvalue weighted by Crippen LogP contribution is 2.38. The lowest BCUT2D eigenvalue weighted by molar-refractivity contribution is 0.243. The Bertz CT molecular complexity index is 820. The summed E-state index contributed by atoms with van der Waals surface area (Å²) in [5, 5.41) is 8.31. The number of hydrogen-bond acceptors (Lipinski definition) is 5. The minimum Gasteiger partial charge on any atom is -0.476 e. The van der Waals surface area contributed by atoms with Gasteiger partial charge in [0.05, 0.1) is 17.2 Å². The topological polar surface area (TPSA) is 72.4 Å². The van der Waals surface area contributed by atoms with Crippen LogP contribution >= 0.6 is 0 Å². The SMILES string of the molecule is O=S(=O)(c1ccccc1)N1CCC(COc2ccc(C3CC3)nn2)C1. The second-order valence-electron chi connectivity index (χ2n) is 6.71. The number of hydrogen-bond donors (Lipinski definition) is 0. The normalized spacial score (nSPS) is 21.4. The monoisotopic (exact) mass is 359 g/mol. The van der Waals surface area contributed by atoms with E-state index in [9.17, 15) is 8.42 Å². The van der Waals surface area contributed by atoms with Gasteiger partial charge in [-0.2, -0.15) is 9.40 Å². The Balaban J connectivity index is 1.33. The largest absolute Gasteiger partial charge is 0.476 e. The van der Waals surface area contributed by atoms with Gasteiger partial charge in [-0.25, -0.2) is 8.42 Å². The first kappa shape index (κ1) is 16.5. The molecule has 1 aliphatic heterocycles. The van der Waals surface area contributed by atoms with Gasteiger partial charge in [-0.05, 0) is 37.5 Å². The zero-order valence-electron chi connectivity index (χ0n) is 13.9. The number of nitrogens with zero attached hydrogens (tertiary/aromatic N) is 3. The third-order valence-corrected chi connectivity index (χ3v) is 6.63. The van der Waals surface area contributed by atoms with Crippen molar-refractivity contribution < 1.29 is 13.2 Å². The van der Waals surface area contributed by atoms with Gasteiger partial charge in [0, 0.05) is 31.0 Å². The molecule has 132 valence electrons. The molecule has 7 heteroatoms. The van der Waals surface area contributed by atoms with Crippen molar-refractivity contribution >= 4 is 10.0 Å². The first-order chi connectivity index (χ1) is 12.1. The molecular formula is C18H21N3O3S. The van der Waals surface area contributed by atoms with E-state index in [1.807, 2.05) is 18.2 Å². The molecule has 0 amide bonds. The third kappa shape index (κ3) is 3.67. The van der Waals surface area contributed by atoms with Gasteiger partial charge in [-0.3, -0.25) is 0 Å². The third-order valence-electron chi connectivity index (χ3n) is 4.75. The predicted molar refractivity (Wildman–Crippen MR) is 92.8 cm³/mol. The van der Waals surface area contributed by atoms with E-state index in [0.29, 0.717) is 36.4 Å². The highest BCUT2D eigenvalue weighted by molar-refractivity contribution is 7.89. The molecule has 0 radical (unpaired) electrons. The van der Waals surface area contributed by atoms with E-state index in [-0.39, 0.29) is 5.92 Å². The van der Waals surface area contributed by atoms with Crippen LogP contribution in [0.15, 0.2) is 47.4 Å².